The number of hydrogen-bond acceptors (Lipinski definition) is 1. The Morgan fingerprint density at radius 1 is 1.13 bits per heavy atom. The summed E-state index contributed by atoms with van der Waals surface area (Å²) in [4.78, 5) is 4.36. The largest absolute Gasteiger partial charge is 0.261 e. The molecule has 0 saturated heterocycles. The van der Waals surface area contributed by atoms with Gasteiger partial charge in [0.1, 0.15) is 0 Å². The minimum Gasteiger partial charge on any atom is -0.261 e. The second-order valence-electron chi connectivity index (χ2n) is 3.45. The monoisotopic (exact) mass is 199 g/mol. The van der Waals surface area contributed by atoms with Gasteiger partial charge < -0.3 is 0 Å². The van der Waals surface area contributed by atoms with Crippen LogP contribution in [0.15, 0.2) is 53.7 Å². The van der Waals surface area contributed by atoms with Crippen LogP contribution in [0.5, 0.6) is 0 Å². The normalized spacial score (nSPS) is 13.5. The molecule has 0 amide bonds. The molecule has 0 aromatic heterocycles. The molecule has 0 N–H and O–H groups in total. The van der Waals surface area contributed by atoms with Gasteiger partial charge in [0, 0.05) is 11.9 Å². The maximum atomic E-state index is 4.36. The summed E-state index contributed by atoms with van der Waals surface area (Å²) in [5.74, 6) is 0. The maximum Gasteiger partial charge on any atom is 0.0369 e. The number of aliphatic imine (C=N–C) groups is 1. The molecule has 0 spiro atoms. The summed E-state index contributed by atoms with van der Waals surface area (Å²) in [6.45, 7) is 6.06. The van der Waals surface area contributed by atoms with E-state index in [4.69, 9.17) is 0 Å². The van der Waals surface area contributed by atoms with Crippen LogP contribution in [-0.4, -0.2) is 5.71 Å². The summed E-state index contributed by atoms with van der Waals surface area (Å²) in [5.41, 5.74) is 3.42. The van der Waals surface area contributed by atoms with E-state index < -0.39 is 0 Å². The maximum absolute atomic E-state index is 4.36. The lowest BCUT2D eigenvalue weighted by molar-refractivity contribution is 1.48. The van der Waals surface area contributed by atoms with E-state index in [1.807, 2.05) is 50.4 Å². The number of nitrogens with zero attached hydrogens (tertiary/aromatic N) is 1. The fraction of sp³-hybridized carbons (Fsp3) is 0.214. The molecular formula is C14H17N. The number of allylic oxidation sites excluding steroid dienone is 3. The van der Waals surface area contributed by atoms with Crippen molar-refractivity contribution < 1.29 is 0 Å². The van der Waals surface area contributed by atoms with Crippen molar-refractivity contribution in [3.8, 4) is 0 Å². The van der Waals surface area contributed by atoms with Crippen molar-refractivity contribution >= 4 is 11.3 Å². The van der Waals surface area contributed by atoms with Gasteiger partial charge >= 0.3 is 0 Å². The van der Waals surface area contributed by atoms with Gasteiger partial charge in [0.2, 0.25) is 0 Å². The third-order valence-electron chi connectivity index (χ3n) is 2.10. The molecule has 0 fully saturated rings. The molecule has 1 aromatic carbocycles. The molecular weight excluding hydrogens is 182 g/mol. The van der Waals surface area contributed by atoms with Gasteiger partial charge in [0.05, 0.1) is 0 Å². The zero-order chi connectivity index (χ0) is 11.1. The van der Waals surface area contributed by atoms with Gasteiger partial charge in [-0.25, -0.2) is 0 Å². The lowest BCUT2D eigenvalue weighted by Crippen LogP contribution is -1.82. The average molecular weight is 199 g/mol. The van der Waals surface area contributed by atoms with Crippen LogP contribution >= 0.6 is 0 Å². The van der Waals surface area contributed by atoms with E-state index in [1.165, 1.54) is 11.1 Å². The van der Waals surface area contributed by atoms with Gasteiger partial charge in [-0.1, -0.05) is 36.4 Å². The van der Waals surface area contributed by atoms with Crippen LogP contribution in [0.2, 0.25) is 0 Å². The van der Waals surface area contributed by atoms with E-state index in [-0.39, 0.29) is 0 Å². The second-order valence-corrected chi connectivity index (χ2v) is 3.45. The van der Waals surface area contributed by atoms with Gasteiger partial charge in [-0.3, -0.25) is 4.99 Å². The van der Waals surface area contributed by atoms with Crippen molar-refractivity contribution in [1.82, 2.24) is 0 Å². The van der Waals surface area contributed by atoms with Gasteiger partial charge in [0.15, 0.2) is 0 Å². The van der Waals surface area contributed by atoms with Crippen LogP contribution in [0.25, 0.3) is 5.57 Å². The highest BCUT2D eigenvalue weighted by Crippen LogP contribution is 2.12. The third kappa shape index (κ3) is 3.94. The summed E-state index contributed by atoms with van der Waals surface area (Å²) in [5, 5.41) is 0. The highest BCUT2D eigenvalue weighted by molar-refractivity contribution is 5.93. The fourth-order valence-electron chi connectivity index (χ4n) is 1.26. The van der Waals surface area contributed by atoms with E-state index in [9.17, 15) is 0 Å². The summed E-state index contributed by atoms with van der Waals surface area (Å²) < 4.78 is 0. The Labute approximate surface area is 91.9 Å². The van der Waals surface area contributed by atoms with Crippen LogP contribution < -0.4 is 0 Å². The smallest absolute Gasteiger partial charge is 0.0369 e. The standard InChI is InChI=1S/C14H17N/c1-4-8-13(3)15-11-12(2)14-9-6-5-7-10-14/h4-11H,1-3H3/b8-4-,12-11+,15-13-. The molecule has 0 saturated carbocycles. The summed E-state index contributed by atoms with van der Waals surface area (Å²) in [7, 11) is 0. The Morgan fingerprint density at radius 2 is 1.80 bits per heavy atom. The molecule has 0 atom stereocenters. The molecule has 1 heteroatoms. The Balaban J connectivity index is 2.82. The van der Waals surface area contributed by atoms with Crippen LogP contribution in [0.3, 0.4) is 0 Å². The molecule has 15 heavy (non-hydrogen) atoms. The van der Waals surface area contributed by atoms with E-state index in [1.54, 1.807) is 0 Å². The molecule has 0 heterocycles. The summed E-state index contributed by atoms with van der Waals surface area (Å²) in [6, 6.07) is 10.3. The van der Waals surface area contributed by atoms with Crippen LogP contribution in [-0.2, 0) is 0 Å². The number of benzene rings is 1. The molecule has 0 aliphatic rings. The Morgan fingerprint density at radius 3 is 2.40 bits per heavy atom. The van der Waals surface area contributed by atoms with Crippen molar-refractivity contribution in [3.63, 3.8) is 0 Å². The van der Waals surface area contributed by atoms with Gasteiger partial charge in [-0.15, -0.1) is 0 Å². The Bertz CT molecular complexity index is 383. The predicted octanol–water partition coefficient (Wildman–Crippen LogP) is 4.08. The first kappa shape index (κ1) is 11.4. The molecule has 1 aromatic rings. The van der Waals surface area contributed by atoms with E-state index in [2.05, 4.69) is 24.0 Å². The first-order valence-electron chi connectivity index (χ1n) is 5.13. The molecule has 0 aliphatic heterocycles. The van der Waals surface area contributed by atoms with Crippen molar-refractivity contribution in [2.75, 3.05) is 0 Å². The third-order valence-corrected chi connectivity index (χ3v) is 2.10. The van der Waals surface area contributed by atoms with Crippen molar-refractivity contribution in [2.45, 2.75) is 20.8 Å². The molecule has 1 rings (SSSR count). The highest BCUT2D eigenvalue weighted by atomic mass is 14.7. The van der Waals surface area contributed by atoms with Crippen molar-refractivity contribution in [3.05, 3.63) is 54.2 Å². The lowest BCUT2D eigenvalue weighted by Gasteiger charge is -1.98. The molecule has 0 aliphatic carbocycles. The fourth-order valence-corrected chi connectivity index (χ4v) is 1.26. The quantitative estimate of drug-likeness (QED) is 0.650. The molecule has 0 bridgehead atoms. The van der Waals surface area contributed by atoms with Crippen LogP contribution in [0.4, 0.5) is 0 Å². The average Bonchev–Trinajstić information content (AvgIpc) is 2.27. The summed E-state index contributed by atoms with van der Waals surface area (Å²) >= 11 is 0. The second kappa shape index (κ2) is 5.97. The van der Waals surface area contributed by atoms with E-state index in [0.29, 0.717) is 0 Å². The lowest BCUT2D eigenvalue weighted by atomic mass is 10.1. The number of rotatable bonds is 3. The molecule has 0 unspecified atom stereocenters. The highest BCUT2D eigenvalue weighted by Gasteiger charge is 1.91. The van der Waals surface area contributed by atoms with Crippen LogP contribution in [0.1, 0.15) is 26.3 Å². The zero-order valence-corrected chi connectivity index (χ0v) is 9.57. The molecule has 78 valence electrons. The van der Waals surface area contributed by atoms with Crippen LogP contribution in [0, 0.1) is 0 Å². The summed E-state index contributed by atoms with van der Waals surface area (Å²) in [6.07, 6.45) is 5.89. The van der Waals surface area contributed by atoms with E-state index >= 15 is 0 Å². The van der Waals surface area contributed by atoms with Crippen molar-refractivity contribution in [2.24, 2.45) is 4.99 Å². The van der Waals surface area contributed by atoms with Gasteiger partial charge in [-0.2, -0.15) is 0 Å². The predicted molar refractivity (Wildman–Crippen MR) is 68.0 cm³/mol. The first-order valence-corrected chi connectivity index (χ1v) is 5.13. The van der Waals surface area contributed by atoms with Crippen molar-refractivity contribution in [1.29, 1.82) is 0 Å². The molecule has 0 radical (unpaired) electrons. The topological polar surface area (TPSA) is 12.4 Å². The SMILES string of the molecule is C\C=C/C(C)=N\C=C(/C)c1ccccc1. The minimum absolute atomic E-state index is 1.02. The van der Waals surface area contributed by atoms with E-state index in [0.717, 1.165) is 5.71 Å². The van der Waals surface area contributed by atoms with Gasteiger partial charge in [0.25, 0.3) is 0 Å². The Hall–Kier alpha value is -1.63. The number of hydrogen-bond donors (Lipinski definition) is 0. The zero-order valence-electron chi connectivity index (χ0n) is 9.57. The first-order chi connectivity index (χ1) is 7.24. The van der Waals surface area contributed by atoms with Gasteiger partial charge in [-0.05, 0) is 38.0 Å². The minimum atomic E-state index is 1.02. The Kier molecular flexibility index (Phi) is 4.55. The molecule has 1 nitrogen and oxygen atoms in total.